The Morgan fingerprint density at radius 3 is 2.24 bits per heavy atom. The van der Waals surface area contributed by atoms with Crippen molar-refractivity contribution in [2.24, 2.45) is 22.7 Å². The van der Waals surface area contributed by atoms with E-state index in [0.717, 1.165) is 10.9 Å². The molecule has 0 radical (unpaired) electrons. The minimum Gasteiger partial charge on any atom is -0.481 e. The van der Waals surface area contributed by atoms with Crippen molar-refractivity contribution in [3.8, 4) is 0 Å². The van der Waals surface area contributed by atoms with E-state index in [-0.39, 0.29) is 41.8 Å². The van der Waals surface area contributed by atoms with E-state index in [2.05, 4.69) is 23.9 Å². The monoisotopic (exact) mass is 608 g/mol. The van der Waals surface area contributed by atoms with E-state index in [0.29, 0.717) is 35.9 Å². The first-order chi connectivity index (χ1) is 19.5. The van der Waals surface area contributed by atoms with Crippen molar-refractivity contribution in [2.75, 3.05) is 6.54 Å². The van der Waals surface area contributed by atoms with Gasteiger partial charge in [0.15, 0.2) is 11.5 Å². The Kier molecular flexibility index (Phi) is 7.52. The van der Waals surface area contributed by atoms with E-state index in [9.17, 15) is 32.7 Å². The lowest BCUT2D eigenvalue weighted by Gasteiger charge is -2.35. The molecule has 0 unspecified atom stereocenters. The lowest BCUT2D eigenvalue weighted by atomic mass is 9.74. The number of carbonyl (C=O) groups is 3. The molecule has 2 aromatic rings. The van der Waals surface area contributed by atoms with E-state index in [1.807, 2.05) is 0 Å². The molecule has 2 heterocycles. The van der Waals surface area contributed by atoms with Gasteiger partial charge in [0.05, 0.1) is 35.3 Å². The van der Waals surface area contributed by atoms with Crippen molar-refractivity contribution in [2.45, 2.75) is 91.4 Å². The fourth-order valence-electron chi connectivity index (χ4n) is 7.39. The molecule has 0 aromatic carbocycles. The number of pyridine rings is 1. The molecule has 0 saturated heterocycles. The van der Waals surface area contributed by atoms with Crippen LogP contribution in [0.5, 0.6) is 0 Å². The van der Waals surface area contributed by atoms with Crippen LogP contribution >= 0.6 is 11.6 Å². The quantitative estimate of drug-likeness (QED) is 0.283. The molecular weight excluding hydrogens is 573 g/mol. The molecule has 0 bridgehead atoms. The summed E-state index contributed by atoms with van der Waals surface area (Å²) in [6.45, 7) is 8.88. The molecule has 1 amide bonds. The molecule has 0 aliphatic heterocycles. The molecule has 3 aliphatic rings. The Hall–Kier alpha value is -2.95. The summed E-state index contributed by atoms with van der Waals surface area (Å²) in [5, 5.41) is 13.6. The van der Waals surface area contributed by atoms with Gasteiger partial charge >= 0.3 is 12.1 Å². The molecule has 42 heavy (non-hydrogen) atoms. The van der Waals surface area contributed by atoms with Gasteiger partial charge in [0.2, 0.25) is 0 Å². The van der Waals surface area contributed by atoms with Gasteiger partial charge in [-0.1, -0.05) is 25.4 Å². The van der Waals surface area contributed by atoms with E-state index in [1.54, 1.807) is 26.8 Å². The van der Waals surface area contributed by atoms with Crippen molar-refractivity contribution >= 4 is 29.3 Å². The van der Waals surface area contributed by atoms with Gasteiger partial charge in [-0.25, -0.2) is 4.98 Å². The van der Waals surface area contributed by atoms with Crippen molar-refractivity contribution in [1.82, 2.24) is 19.7 Å². The highest BCUT2D eigenvalue weighted by atomic mass is 35.5. The molecule has 0 spiro atoms. The molecule has 8 nitrogen and oxygen atoms in total. The molecule has 2 aromatic heterocycles. The molecule has 228 valence electrons. The first-order valence-corrected chi connectivity index (χ1v) is 14.7. The summed E-state index contributed by atoms with van der Waals surface area (Å²) in [5.41, 5.74) is -1.33. The predicted octanol–water partition coefficient (Wildman–Crippen LogP) is 6.53. The standard InChI is InChI=1S/C30H36ClF3N4O4/c1-15-10-16(2)36-25(31)23(15)22(39)14-37(18-11-20-21(12-18)28(20,3)4)26(40)19-13-35-38(24(19)30(32,33)34)17-6-8-29(5,9-7-17)27(41)42/h10,13,17-18,20-21H,6-9,11-12,14H2,1-5H3,(H,41,42)/t17-,18-,20-,21+,29-. The van der Waals surface area contributed by atoms with Crippen LogP contribution in [-0.4, -0.2) is 55.0 Å². The van der Waals surface area contributed by atoms with Gasteiger partial charge < -0.3 is 10.0 Å². The maximum Gasteiger partial charge on any atom is 0.433 e. The lowest BCUT2D eigenvalue weighted by Crippen LogP contribution is -2.44. The van der Waals surface area contributed by atoms with Gasteiger partial charge in [-0.15, -0.1) is 0 Å². The number of carboxylic acids is 1. The summed E-state index contributed by atoms with van der Waals surface area (Å²) in [6, 6.07) is 0.590. The van der Waals surface area contributed by atoms with Crippen LogP contribution in [0.1, 0.15) is 103 Å². The maximum atomic E-state index is 14.6. The number of amides is 1. The summed E-state index contributed by atoms with van der Waals surface area (Å²) >= 11 is 6.32. The number of hydrogen-bond acceptors (Lipinski definition) is 5. The molecule has 1 N–H and O–H groups in total. The number of carbonyl (C=O) groups excluding carboxylic acids is 2. The van der Waals surface area contributed by atoms with Crippen LogP contribution in [-0.2, 0) is 11.0 Å². The largest absolute Gasteiger partial charge is 0.481 e. The summed E-state index contributed by atoms with van der Waals surface area (Å²) in [4.78, 5) is 44.7. The van der Waals surface area contributed by atoms with Crippen LogP contribution in [0, 0.1) is 36.5 Å². The summed E-state index contributed by atoms with van der Waals surface area (Å²) in [6.07, 6.45) is -2.00. The fourth-order valence-corrected chi connectivity index (χ4v) is 7.78. The normalized spacial score (nSPS) is 28.3. The Balaban J connectivity index is 1.48. The average Bonchev–Trinajstić information content (AvgIpc) is 3.30. The zero-order valence-electron chi connectivity index (χ0n) is 24.4. The molecule has 3 aliphatic carbocycles. The number of aromatic nitrogens is 3. The number of aliphatic carboxylic acids is 1. The Morgan fingerprint density at radius 2 is 1.71 bits per heavy atom. The third-order valence-electron chi connectivity index (χ3n) is 10.2. The van der Waals surface area contributed by atoms with Crippen LogP contribution in [0.2, 0.25) is 5.15 Å². The number of aryl methyl sites for hydroxylation is 2. The number of fused-ring (bicyclic) bond motifs is 1. The van der Waals surface area contributed by atoms with Crippen molar-refractivity contribution in [1.29, 1.82) is 0 Å². The molecule has 12 heteroatoms. The highest BCUT2D eigenvalue weighted by molar-refractivity contribution is 6.33. The first kappa shape index (κ1) is 30.5. The number of halogens is 4. The van der Waals surface area contributed by atoms with E-state index in [1.165, 1.54) is 4.90 Å². The highest BCUT2D eigenvalue weighted by Crippen LogP contribution is 2.67. The smallest absolute Gasteiger partial charge is 0.433 e. The first-order valence-electron chi connectivity index (χ1n) is 14.3. The van der Waals surface area contributed by atoms with Gasteiger partial charge in [0, 0.05) is 11.7 Å². The third-order valence-corrected chi connectivity index (χ3v) is 10.4. The minimum atomic E-state index is -4.90. The van der Waals surface area contributed by atoms with E-state index < -0.39 is 59.1 Å². The highest BCUT2D eigenvalue weighted by Gasteiger charge is 2.63. The van der Waals surface area contributed by atoms with Crippen LogP contribution in [0.15, 0.2) is 12.3 Å². The van der Waals surface area contributed by atoms with Gasteiger partial charge in [0.1, 0.15) is 5.15 Å². The van der Waals surface area contributed by atoms with E-state index in [4.69, 9.17) is 11.6 Å². The Bertz CT molecular complexity index is 1410. The van der Waals surface area contributed by atoms with Gasteiger partial charge in [0.25, 0.3) is 5.91 Å². The SMILES string of the molecule is Cc1cc(C)c(C(=O)CN(C(=O)c2cnn([C@H]3CC[C@](C)(C(=O)O)CC3)c2C(F)(F)F)[C@@H]2C[C@@H]3[C@H](C2)C3(C)C)c(Cl)n1. The lowest BCUT2D eigenvalue weighted by molar-refractivity contribution is -0.152. The number of nitrogens with zero attached hydrogens (tertiary/aromatic N) is 4. The topological polar surface area (TPSA) is 105 Å². The van der Waals surface area contributed by atoms with Gasteiger partial charge in [-0.05, 0) is 88.2 Å². The molecule has 3 fully saturated rings. The van der Waals surface area contributed by atoms with Gasteiger partial charge in [-0.2, -0.15) is 18.3 Å². The van der Waals surface area contributed by atoms with Crippen molar-refractivity contribution < 1.29 is 32.7 Å². The second kappa shape index (κ2) is 10.3. The second-order valence-electron chi connectivity index (χ2n) is 13.2. The third kappa shape index (κ3) is 5.22. The Morgan fingerprint density at radius 1 is 1.12 bits per heavy atom. The zero-order chi connectivity index (χ0) is 30.9. The summed E-state index contributed by atoms with van der Waals surface area (Å²) < 4.78 is 44.6. The van der Waals surface area contributed by atoms with Crippen LogP contribution in [0.3, 0.4) is 0 Å². The van der Waals surface area contributed by atoms with Crippen LogP contribution < -0.4 is 0 Å². The number of carboxylic acid groups (broad SMARTS) is 1. The second-order valence-corrected chi connectivity index (χ2v) is 13.6. The van der Waals surface area contributed by atoms with Crippen LogP contribution in [0.4, 0.5) is 13.2 Å². The number of ketones is 1. The predicted molar refractivity (Wildman–Crippen MR) is 148 cm³/mol. The number of alkyl halides is 3. The van der Waals surface area contributed by atoms with Crippen molar-refractivity contribution in [3.63, 3.8) is 0 Å². The maximum absolute atomic E-state index is 14.6. The van der Waals surface area contributed by atoms with Gasteiger partial charge in [-0.3, -0.25) is 19.1 Å². The minimum absolute atomic E-state index is 0.00485. The summed E-state index contributed by atoms with van der Waals surface area (Å²) in [7, 11) is 0. The number of Topliss-reactive ketones (excluding diaryl/α,β-unsaturated/α-hetero) is 1. The number of hydrogen-bond donors (Lipinski definition) is 1. The molecule has 5 rings (SSSR count). The fraction of sp³-hybridized carbons (Fsp3) is 0.633. The summed E-state index contributed by atoms with van der Waals surface area (Å²) in [5.74, 6) is -1.71. The Labute approximate surface area is 247 Å². The molecule has 3 atom stereocenters. The molecular formula is C30H36ClF3N4O4. The molecule has 3 saturated carbocycles. The van der Waals surface area contributed by atoms with E-state index >= 15 is 0 Å². The van der Waals surface area contributed by atoms with Crippen molar-refractivity contribution in [3.05, 3.63) is 45.5 Å². The number of rotatable bonds is 7. The zero-order valence-corrected chi connectivity index (χ0v) is 25.1. The average molecular weight is 609 g/mol. The van der Waals surface area contributed by atoms with Crippen LogP contribution in [0.25, 0.3) is 0 Å².